The Bertz CT molecular complexity index is 1970. The van der Waals surface area contributed by atoms with Crippen LogP contribution in [0.25, 0.3) is 53.0 Å². The van der Waals surface area contributed by atoms with Crippen molar-refractivity contribution in [1.82, 2.24) is 0 Å². The van der Waals surface area contributed by atoms with Crippen molar-refractivity contribution < 1.29 is 0 Å². The maximum Gasteiger partial charge on any atom is 0.269 e. The summed E-state index contributed by atoms with van der Waals surface area (Å²) in [6.07, 6.45) is 0.429. The van der Waals surface area contributed by atoms with Gasteiger partial charge in [0.05, 0.1) is 49.6 Å². The highest BCUT2D eigenvalue weighted by Crippen LogP contribution is 2.44. The molecule has 0 amide bonds. The maximum absolute atomic E-state index is 9.94. The molecule has 0 radical (unpaired) electrons. The molecule has 5 rings (SSSR count). The van der Waals surface area contributed by atoms with E-state index in [-0.39, 0.29) is 46.7 Å². The molecule has 0 N–H and O–H groups in total. The molecule has 8 nitrogen and oxygen atoms in total. The lowest BCUT2D eigenvalue weighted by Gasteiger charge is -2.13. The third-order valence-electron chi connectivity index (χ3n) is 6.81. The average Bonchev–Trinajstić information content (AvgIpc) is 3.50. The Labute approximate surface area is 217 Å². The second-order valence-corrected chi connectivity index (χ2v) is 8.46. The first-order valence-corrected chi connectivity index (χ1v) is 10.9. The fraction of sp³-hybridized carbons (Fsp3) is 0.0667. The molecule has 0 atom stereocenters. The monoisotopic (exact) mass is 480 g/mol. The summed E-state index contributed by atoms with van der Waals surface area (Å²) in [6.45, 7) is 30.5. The molecule has 0 bridgehead atoms. The van der Waals surface area contributed by atoms with Crippen molar-refractivity contribution in [3.63, 3.8) is 0 Å². The van der Waals surface area contributed by atoms with Crippen molar-refractivity contribution in [2.24, 2.45) is 0 Å². The van der Waals surface area contributed by atoms with Gasteiger partial charge in [0.25, 0.3) is 11.4 Å². The van der Waals surface area contributed by atoms with Crippen molar-refractivity contribution in [3.8, 4) is 46.5 Å². The minimum Gasteiger partial charge on any atom is -0.250 e. The fourth-order valence-electron chi connectivity index (χ4n) is 5.37. The summed E-state index contributed by atoms with van der Waals surface area (Å²) < 4.78 is 0. The summed E-state index contributed by atoms with van der Waals surface area (Å²) in [5.74, 6) is 0. The van der Waals surface area contributed by atoms with E-state index in [9.17, 15) is 21.0 Å². The molecule has 8 heteroatoms. The Morgan fingerprint density at radius 3 is 1.53 bits per heavy atom. The molecule has 2 aliphatic rings. The first kappa shape index (κ1) is 23.1. The summed E-state index contributed by atoms with van der Waals surface area (Å²) in [5.41, 5.74) is 4.79. The lowest BCUT2D eigenvalue weighted by Crippen LogP contribution is -2.25. The van der Waals surface area contributed by atoms with Crippen LogP contribution in [0.1, 0.15) is 33.4 Å². The van der Waals surface area contributed by atoms with Crippen LogP contribution in [0.15, 0.2) is 24.3 Å². The van der Waals surface area contributed by atoms with Gasteiger partial charge >= 0.3 is 0 Å². The molecule has 0 spiro atoms. The quantitative estimate of drug-likeness (QED) is 0.297. The number of nitrogens with zero attached hydrogens (tertiary/aromatic N) is 8. The number of benzene rings is 3. The second kappa shape index (κ2) is 8.52. The number of fused-ring (bicyclic) bond motifs is 6. The van der Waals surface area contributed by atoms with Crippen LogP contribution in [-0.4, -0.2) is 0 Å². The lowest BCUT2D eigenvalue weighted by atomic mass is 9.90. The van der Waals surface area contributed by atoms with Gasteiger partial charge in [0.2, 0.25) is 0 Å². The van der Waals surface area contributed by atoms with Crippen LogP contribution in [0.3, 0.4) is 0 Å². The van der Waals surface area contributed by atoms with E-state index in [1.165, 1.54) is 0 Å². The molecule has 38 heavy (non-hydrogen) atoms. The van der Waals surface area contributed by atoms with Crippen molar-refractivity contribution in [2.75, 3.05) is 0 Å². The van der Waals surface area contributed by atoms with Crippen molar-refractivity contribution in [3.05, 3.63) is 114 Å². The van der Waals surface area contributed by atoms with E-state index in [1.54, 1.807) is 24.3 Å². The van der Waals surface area contributed by atoms with Crippen LogP contribution in [-0.2, 0) is 12.8 Å². The minimum atomic E-state index is -0.190. The zero-order valence-electron chi connectivity index (χ0n) is 19.3. The van der Waals surface area contributed by atoms with Gasteiger partial charge in [-0.05, 0) is 69.5 Å². The predicted molar refractivity (Wildman–Crippen MR) is 135 cm³/mol. The first-order chi connectivity index (χ1) is 18.5. The minimum absolute atomic E-state index is 0.121. The fourth-order valence-corrected chi connectivity index (χ4v) is 5.37. The molecule has 0 aromatic heterocycles. The van der Waals surface area contributed by atoms with E-state index < -0.39 is 0 Å². The largest absolute Gasteiger partial charge is 0.269 e. The molecule has 0 saturated heterocycles. The SMILES string of the molecule is [C-]#[N+]/C(C#N)=c1/c2c(/c(=C(\C#N)[N+]#[C-])c3c1-c1cc([N+]#[C-])c([N+]#[C-])cc1C3)-c1cc(C#N)c(C#N)cc1C2. The van der Waals surface area contributed by atoms with Gasteiger partial charge < -0.3 is 0 Å². The Morgan fingerprint density at radius 1 is 0.632 bits per heavy atom. The van der Waals surface area contributed by atoms with E-state index in [1.807, 2.05) is 24.3 Å². The smallest absolute Gasteiger partial charge is 0.250 e. The Kier molecular flexibility index (Phi) is 5.17. The molecule has 3 aromatic rings. The van der Waals surface area contributed by atoms with Crippen molar-refractivity contribution in [1.29, 1.82) is 21.0 Å². The normalized spacial score (nSPS) is 12.6. The number of hydrogen-bond acceptors (Lipinski definition) is 4. The molecule has 0 heterocycles. The molecule has 0 fully saturated rings. The number of rotatable bonds is 0. The molecule has 0 aliphatic heterocycles. The molecular formula is C30H8N8. The topological polar surface area (TPSA) is 113 Å². The van der Waals surface area contributed by atoms with Gasteiger partial charge in [0.15, 0.2) is 11.4 Å². The van der Waals surface area contributed by atoms with Crippen molar-refractivity contribution >= 4 is 22.8 Å². The molecule has 0 unspecified atom stereocenters. The van der Waals surface area contributed by atoms with Gasteiger partial charge in [-0.2, -0.15) is 10.5 Å². The van der Waals surface area contributed by atoms with Gasteiger partial charge in [-0.3, -0.25) is 9.69 Å². The summed E-state index contributed by atoms with van der Waals surface area (Å²) in [6, 6.07) is 14.3. The van der Waals surface area contributed by atoms with Crippen LogP contribution >= 0.6 is 0 Å². The Morgan fingerprint density at radius 2 is 1.08 bits per heavy atom. The van der Waals surface area contributed by atoms with E-state index in [0.29, 0.717) is 54.9 Å². The Hall–Kier alpha value is -6.68. The summed E-state index contributed by atoms with van der Waals surface area (Å²) in [5, 5.41) is 39.8. The maximum atomic E-state index is 9.94. The average molecular weight is 480 g/mol. The van der Waals surface area contributed by atoms with Crippen molar-refractivity contribution in [2.45, 2.75) is 12.8 Å². The van der Waals surface area contributed by atoms with Crippen LogP contribution in [0, 0.1) is 71.6 Å². The van der Waals surface area contributed by atoms with E-state index in [2.05, 4.69) is 19.4 Å². The predicted octanol–water partition coefficient (Wildman–Crippen LogP) is 4.78. The van der Waals surface area contributed by atoms with E-state index in [4.69, 9.17) is 26.3 Å². The van der Waals surface area contributed by atoms with Gasteiger partial charge in [-0.1, -0.05) is 12.1 Å². The van der Waals surface area contributed by atoms with Gasteiger partial charge in [0.1, 0.15) is 12.1 Å². The van der Waals surface area contributed by atoms with E-state index in [0.717, 1.165) is 0 Å². The second-order valence-electron chi connectivity index (χ2n) is 8.46. The number of hydrogen-bond donors (Lipinski definition) is 0. The van der Waals surface area contributed by atoms with Crippen LogP contribution in [0.5, 0.6) is 0 Å². The van der Waals surface area contributed by atoms with Crippen LogP contribution < -0.4 is 10.4 Å². The molecule has 0 saturated carbocycles. The summed E-state index contributed by atoms with van der Waals surface area (Å²) in [4.78, 5) is 13.9. The third-order valence-corrected chi connectivity index (χ3v) is 6.81. The molecule has 3 aromatic carbocycles. The first-order valence-electron chi connectivity index (χ1n) is 10.9. The Balaban J connectivity index is 2.11. The third kappa shape index (κ3) is 2.95. The van der Waals surface area contributed by atoms with Gasteiger partial charge in [-0.25, -0.2) is 20.2 Å². The van der Waals surface area contributed by atoms with E-state index >= 15 is 0 Å². The molecular weight excluding hydrogens is 472 g/mol. The van der Waals surface area contributed by atoms with Gasteiger partial charge in [0, 0.05) is 10.4 Å². The van der Waals surface area contributed by atoms with Gasteiger partial charge in [-0.15, -0.1) is 0 Å². The van der Waals surface area contributed by atoms with Crippen LogP contribution in [0.2, 0.25) is 0 Å². The highest BCUT2D eigenvalue weighted by molar-refractivity contribution is 5.95. The molecule has 168 valence electrons. The lowest BCUT2D eigenvalue weighted by molar-refractivity contribution is 1.20. The standard InChI is InChI=1S/C30H8N8/c1-35-23-9-16-7-22-28(20(16)10-24(23)36-2)30(26(14-34)38-4)21-6-15-5-17(11-31)18(12-32)8-19(15)27(21)29(22)25(13-33)37-3/h5,8-10H,6-7H2/b29-25+,30-26-. The zero-order chi connectivity index (χ0) is 27.1. The van der Waals surface area contributed by atoms with Crippen LogP contribution in [0.4, 0.5) is 11.4 Å². The highest BCUT2D eigenvalue weighted by Gasteiger charge is 2.33. The zero-order valence-corrected chi connectivity index (χ0v) is 19.3. The highest BCUT2D eigenvalue weighted by atomic mass is 14.8. The summed E-state index contributed by atoms with van der Waals surface area (Å²) >= 11 is 0. The number of nitriles is 4. The molecule has 2 aliphatic carbocycles. The summed E-state index contributed by atoms with van der Waals surface area (Å²) in [7, 11) is 0.